The van der Waals surface area contributed by atoms with Crippen molar-refractivity contribution in [1.29, 1.82) is 0 Å². The quantitative estimate of drug-likeness (QED) is 0.834. The number of anilines is 1. The number of aromatic nitrogens is 3. The molecule has 2 heterocycles. The molecule has 0 aromatic carbocycles. The molecule has 0 radical (unpaired) electrons. The molecule has 2 N–H and O–H groups in total. The Morgan fingerprint density at radius 3 is 2.76 bits per heavy atom. The van der Waals surface area contributed by atoms with Crippen LogP contribution in [0.2, 0.25) is 0 Å². The lowest BCUT2D eigenvalue weighted by Gasteiger charge is -2.06. The van der Waals surface area contributed by atoms with Gasteiger partial charge in [0.25, 0.3) is 0 Å². The molecule has 0 unspecified atom stereocenters. The highest BCUT2D eigenvalue weighted by Crippen LogP contribution is 2.27. The van der Waals surface area contributed by atoms with Crippen LogP contribution in [0.5, 0.6) is 5.88 Å². The van der Waals surface area contributed by atoms with E-state index >= 15 is 0 Å². The summed E-state index contributed by atoms with van der Waals surface area (Å²) >= 11 is 1.37. The molecular formula is C11H12N4OS. The topological polar surface area (TPSA) is 73.9 Å². The van der Waals surface area contributed by atoms with Crippen molar-refractivity contribution in [1.82, 2.24) is 15.0 Å². The molecule has 0 fully saturated rings. The highest BCUT2D eigenvalue weighted by molar-refractivity contribution is 7.99. The molecule has 0 atom stereocenters. The number of nitrogens with zero attached hydrogens (tertiary/aromatic N) is 3. The molecule has 0 spiro atoms. The lowest BCUT2D eigenvalue weighted by atomic mass is 10.4. The number of ether oxygens (including phenoxy) is 1. The summed E-state index contributed by atoms with van der Waals surface area (Å²) in [6.45, 7) is 2.42. The maximum Gasteiger partial charge on any atom is 0.238 e. The lowest BCUT2D eigenvalue weighted by Crippen LogP contribution is -2.00. The molecule has 0 aliphatic heterocycles. The molecule has 0 aliphatic rings. The van der Waals surface area contributed by atoms with E-state index in [0.29, 0.717) is 23.3 Å². The fourth-order valence-electron chi connectivity index (χ4n) is 1.18. The average Bonchev–Trinajstić information content (AvgIpc) is 2.35. The van der Waals surface area contributed by atoms with E-state index in [1.807, 2.05) is 13.0 Å². The summed E-state index contributed by atoms with van der Waals surface area (Å²) in [6.07, 6.45) is 3.38. The van der Waals surface area contributed by atoms with Gasteiger partial charge in [-0.3, -0.25) is 0 Å². The Balaban J connectivity index is 2.19. The van der Waals surface area contributed by atoms with Crippen molar-refractivity contribution in [3.05, 3.63) is 30.6 Å². The zero-order chi connectivity index (χ0) is 12.1. The van der Waals surface area contributed by atoms with Gasteiger partial charge in [0.05, 0.1) is 12.3 Å². The van der Waals surface area contributed by atoms with Crippen LogP contribution in [0.3, 0.4) is 0 Å². The number of rotatable bonds is 4. The summed E-state index contributed by atoms with van der Waals surface area (Å²) in [4.78, 5) is 12.5. The SMILES string of the molecule is CCOc1nc(Sc2ncccn2)ccc1N. The normalized spacial score (nSPS) is 10.2. The molecule has 5 nitrogen and oxygen atoms in total. The molecule has 6 heteroatoms. The van der Waals surface area contributed by atoms with Crippen molar-refractivity contribution in [2.75, 3.05) is 12.3 Å². The highest BCUT2D eigenvalue weighted by atomic mass is 32.2. The summed E-state index contributed by atoms with van der Waals surface area (Å²) in [5, 5.41) is 1.40. The minimum absolute atomic E-state index is 0.452. The lowest BCUT2D eigenvalue weighted by molar-refractivity contribution is 0.326. The zero-order valence-corrected chi connectivity index (χ0v) is 10.1. The number of pyridine rings is 1. The second-order valence-corrected chi connectivity index (χ2v) is 4.10. The first-order valence-electron chi connectivity index (χ1n) is 5.14. The van der Waals surface area contributed by atoms with Crippen molar-refractivity contribution < 1.29 is 4.74 Å². The largest absolute Gasteiger partial charge is 0.476 e. The number of nitrogen functional groups attached to an aromatic ring is 1. The third kappa shape index (κ3) is 3.07. The van der Waals surface area contributed by atoms with E-state index in [1.54, 1.807) is 24.5 Å². The van der Waals surface area contributed by atoms with Crippen LogP contribution in [0, 0.1) is 0 Å². The summed E-state index contributed by atoms with van der Waals surface area (Å²) in [7, 11) is 0. The Bertz CT molecular complexity index is 492. The van der Waals surface area contributed by atoms with Crippen molar-refractivity contribution in [3.63, 3.8) is 0 Å². The summed E-state index contributed by atoms with van der Waals surface area (Å²) in [5.74, 6) is 0.452. The van der Waals surface area contributed by atoms with Crippen molar-refractivity contribution in [2.24, 2.45) is 0 Å². The molecule has 0 saturated heterocycles. The fraction of sp³-hybridized carbons (Fsp3) is 0.182. The molecule has 2 rings (SSSR count). The first-order chi connectivity index (χ1) is 8.29. The standard InChI is InChI=1S/C11H12N4OS/c1-2-16-10-8(12)4-5-9(15-10)17-11-13-6-3-7-14-11/h3-7H,2,12H2,1H3. The van der Waals surface area contributed by atoms with Gasteiger partial charge in [0.15, 0.2) is 5.16 Å². The molecule has 0 aliphatic carbocycles. The molecule has 2 aromatic heterocycles. The molecule has 0 amide bonds. The van der Waals surface area contributed by atoms with Crippen molar-refractivity contribution in [3.8, 4) is 5.88 Å². The second kappa shape index (κ2) is 5.49. The molecule has 0 saturated carbocycles. The number of nitrogens with two attached hydrogens (primary N) is 1. The van der Waals surface area contributed by atoms with Gasteiger partial charge in [0, 0.05) is 12.4 Å². The van der Waals surface area contributed by atoms with Crippen LogP contribution in [-0.2, 0) is 0 Å². The minimum atomic E-state index is 0.452. The van der Waals surface area contributed by atoms with Crippen LogP contribution in [0.15, 0.2) is 40.8 Å². The summed E-state index contributed by atoms with van der Waals surface area (Å²) < 4.78 is 5.32. The second-order valence-electron chi connectivity index (χ2n) is 3.11. The van der Waals surface area contributed by atoms with E-state index in [1.165, 1.54) is 11.8 Å². The Morgan fingerprint density at radius 2 is 2.06 bits per heavy atom. The van der Waals surface area contributed by atoms with Gasteiger partial charge < -0.3 is 10.5 Å². The van der Waals surface area contributed by atoms with E-state index in [4.69, 9.17) is 10.5 Å². The van der Waals surface area contributed by atoms with Gasteiger partial charge in [-0.25, -0.2) is 15.0 Å². The van der Waals surface area contributed by atoms with Crippen LogP contribution in [0.4, 0.5) is 5.69 Å². The first-order valence-corrected chi connectivity index (χ1v) is 5.95. The van der Waals surface area contributed by atoms with Gasteiger partial charge in [-0.05, 0) is 36.9 Å². The van der Waals surface area contributed by atoms with Crippen LogP contribution in [0.25, 0.3) is 0 Å². The average molecular weight is 248 g/mol. The predicted molar refractivity (Wildman–Crippen MR) is 66.0 cm³/mol. The van der Waals surface area contributed by atoms with Gasteiger partial charge >= 0.3 is 0 Å². The Kier molecular flexibility index (Phi) is 3.77. The first kappa shape index (κ1) is 11.7. The van der Waals surface area contributed by atoms with E-state index in [-0.39, 0.29) is 0 Å². The molecule has 88 valence electrons. The molecular weight excluding hydrogens is 236 g/mol. The Hall–Kier alpha value is -1.82. The van der Waals surface area contributed by atoms with Crippen LogP contribution in [-0.4, -0.2) is 21.6 Å². The predicted octanol–water partition coefficient (Wildman–Crippen LogP) is 2.00. The van der Waals surface area contributed by atoms with Gasteiger partial charge in [0.2, 0.25) is 5.88 Å². The minimum Gasteiger partial charge on any atom is -0.476 e. The third-order valence-electron chi connectivity index (χ3n) is 1.88. The van der Waals surface area contributed by atoms with Crippen LogP contribution >= 0.6 is 11.8 Å². The summed E-state index contributed by atoms with van der Waals surface area (Å²) in [5.41, 5.74) is 6.27. The van der Waals surface area contributed by atoms with Gasteiger partial charge in [-0.15, -0.1) is 0 Å². The zero-order valence-electron chi connectivity index (χ0n) is 9.33. The number of hydrogen-bond acceptors (Lipinski definition) is 6. The Labute approximate surface area is 103 Å². The molecule has 17 heavy (non-hydrogen) atoms. The smallest absolute Gasteiger partial charge is 0.238 e. The fourth-order valence-corrected chi connectivity index (χ4v) is 1.85. The van der Waals surface area contributed by atoms with E-state index in [0.717, 1.165) is 5.03 Å². The Morgan fingerprint density at radius 1 is 1.29 bits per heavy atom. The highest BCUT2D eigenvalue weighted by Gasteiger charge is 2.06. The van der Waals surface area contributed by atoms with Gasteiger partial charge in [-0.1, -0.05) is 0 Å². The van der Waals surface area contributed by atoms with Crippen molar-refractivity contribution in [2.45, 2.75) is 17.1 Å². The molecule has 0 bridgehead atoms. The molecule has 2 aromatic rings. The monoisotopic (exact) mass is 248 g/mol. The third-order valence-corrected chi connectivity index (χ3v) is 2.71. The van der Waals surface area contributed by atoms with Crippen LogP contribution in [0.1, 0.15) is 6.92 Å². The number of hydrogen-bond donors (Lipinski definition) is 1. The van der Waals surface area contributed by atoms with E-state index < -0.39 is 0 Å². The van der Waals surface area contributed by atoms with Crippen LogP contribution < -0.4 is 10.5 Å². The maximum atomic E-state index is 5.74. The van der Waals surface area contributed by atoms with E-state index in [9.17, 15) is 0 Å². The van der Waals surface area contributed by atoms with Crippen molar-refractivity contribution >= 4 is 17.4 Å². The van der Waals surface area contributed by atoms with E-state index in [2.05, 4.69) is 15.0 Å². The maximum absolute atomic E-state index is 5.74. The summed E-state index contributed by atoms with van der Waals surface area (Å²) in [6, 6.07) is 5.36. The van der Waals surface area contributed by atoms with Gasteiger partial charge in [-0.2, -0.15) is 0 Å². The van der Waals surface area contributed by atoms with Gasteiger partial charge in [0.1, 0.15) is 5.03 Å².